The Morgan fingerprint density at radius 3 is 2.31 bits per heavy atom. The predicted molar refractivity (Wildman–Crippen MR) is 132 cm³/mol. The van der Waals surface area contributed by atoms with E-state index in [1.807, 2.05) is 39.0 Å². The average molecular weight is 543 g/mol. The summed E-state index contributed by atoms with van der Waals surface area (Å²) in [6.07, 6.45) is -4.96. The van der Waals surface area contributed by atoms with Crippen LogP contribution >= 0.6 is 23.2 Å². The second kappa shape index (κ2) is 8.43. The molecule has 2 fully saturated rings. The molecule has 0 aromatic heterocycles. The summed E-state index contributed by atoms with van der Waals surface area (Å²) in [4.78, 5) is 15.7. The van der Waals surface area contributed by atoms with Gasteiger partial charge in [0.1, 0.15) is 16.6 Å². The highest BCUT2D eigenvalue weighted by molar-refractivity contribution is 6.34. The minimum absolute atomic E-state index is 0.0788. The normalized spacial score (nSPS) is 23.1. The number of carbonyl (C=O) groups excluding carboxylic acids is 1. The molecule has 0 N–H and O–H groups in total. The number of hydrogen-bond acceptors (Lipinski definition) is 4. The molecule has 5 rings (SSSR count). The van der Waals surface area contributed by atoms with Crippen molar-refractivity contribution in [3.05, 3.63) is 63.1 Å². The van der Waals surface area contributed by atoms with E-state index >= 15 is 0 Å². The number of benzene rings is 2. The molecule has 194 valence electrons. The number of hydrogen-bond donors (Lipinski definition) is 0. The fraction of sp³-hybridized carbons (Fsp3) is 0.500. The molecule has 2 aromatic rings. The Bertz CT molecular complexity index is 1190. The number of fused-ring (bicyclic) bond motifs is 2. The molecule has 36 heavy (non-hydrogen) atoms. The van der Waals surface area contributed by atoms with Crippen molar-refractivity contribution in [3.8, 4) is 0 Å². The van der Waals surface area contributed by atoms with Gasteiger partial charge in [-0.3, -0.25) is 0 Å². The monoisotopic (exact) mass is 542 g/mol. The SMILES string of the molecule is CC(C)(C)OC(=O)N1CC2(C1)OCc1cc(N3CCC(c4cc(Cl)cc(Cl)c4)(C(F)(F)F)C3)ccc12. The van der Waals surface area contributed by atoms with Crippen LogP contribution < -0.4 is 4.90 Å². The number of nitrogens with zero attached hydrogens (tertiary/aromatic N) is 2. The zero-order valence-corrected chi connectivity index (χ0v) is 21.7. The van der Waals surface area contributed by atoms with Gasteiger partial charge in [-0.25, -0.2) is 4.79 Å². The van der Waals surface area contributed by atoms with Crippen molar-refractivity contribution in [2.45, 2.75) is 56.6 Å². The standard InChI is InChI=1S/C26H27Cl2F3N2O3/c1-23(2,3)36-22(34)33-14-25(15-33)21-5-4-20(8-16(21)12-35-25)32-7-6-24(13-32,26(29,30)31)17-9-18(27)11-19(28)10-17/h4-5,8-11H,6-7,12-15H2,1-3H3. The topological polar surface area (TPSA) is 42.0 Å². The highest BCUT2D eigenvalue weighted by Gasteiger charge is 2.59. The number of likely N-dealkylation sites (tertiary alicyclic amines) is 1. The predicted octanol–water partition coefficient (Wildman–Crippen LogP) is 6.68. The van der Waals surface area contributed by atoms with Crippen molar-refractivity contribution in [3.63, 3.8) is 0 Å². The van der Waals surface area contributed by atoms with Gasteiger partial charge in [-0.1, -0.05) is 29.3 Å². The Kier molecular flexibility index (Phi) is 5.97. The number of alkyl halides is 3. The van der Waals surface area contributed by atoms with Crippen molar-refractivity contribution in [1.82, 2.24) is 4.90 Å². The van der Waals surface area contributed by atoms with Crippen LogP contribution in [-0.4, -0.2) is 48.9 Å². The van der Waals surface area contributed by atoms with Crippen molar-refractivity contribution in [2.24, 2.45) is 0 Å². The van der Waals surface area contributed by atoms with E-state index in [-0.39, 0.29) is 41.2 Å². The molecule has 2 saturated heterocycles. The Morgan fingerprint density at radius 1 is 1.03 bits per heavy atom. The van der Waals surface area contributed by atoms with Crippen LogP contribution in [0.15, 0.2) is 36.4 Å². The van der Waals surface area contributed by atoms with E-state index < -0.39 is 22.8 Å². The van der Waals surface area contributed by atoms with Crippen LogP contribution in [0.2, 0.25) is 10.0 Å². The van der Waals surface area contributed by atoms with Crippen LogP contribution in [0, 0.1) is 0 Å². The van der Waals surface area contributed by atoms with E-state index in [2.05, 4.69) is 0 Å². The minimum atomic E-state index is -4.48. The number of amides is 1. The summed E-state index contributed by atoms with van der Waals surface area (Å²) in [7, 11) is 0. The fourth-order valence-corrected chi connectivity index (χ4v) is 5.94. The Morgan fingerprint density at radius 2 is 1.69 bits per heavy atom. The first-order chi connectivity index (χ1) is 16.7. The molecular weight excluding hydrogens is 516 g/mol. The Hall–Kier alpha value is -2.16. The van der Waals surface area contributed by atoms with E-state index in [9.17, 15) is 18.0 Å². The van der Waals surface area contributed by atoms with Crippen molar-refractivity contribution in [2.75, 3.05) is 31.1 Å². The second-order valence-corrected chi connectivity index (χ2v) is 11.7. The Labute approximate surface area is 218 Å². The van der Waals surface area contributed by atoms with Gasteiger partial charge in [0.05, 0.1) is 19.7 Å². The average Bonchev–Trinajstić information content (AvgIpc) is 3.33. The van der Waals surface area contributed by atoms with E-state index in [1.54, 1.807) is 9.80 Å². The van der Waals surface area contributed by atoms with E-state index in [0.29, 0.717) is 25.4 Å². The summed E-state index contributed by atoms with van der Waals surface area (Å²) in [6, 6.07) is 9.80. The lowest BCUT2D eigenvalue weighted by Crippen LogP contribution is -2.61. The zero-order valence-electron chi connectivity index (χ0n) is 20.2. The largest absolute Gasteiger partial charge is 0.444 e. The summed E-state index contributed by atoms with van der Waals surface area (Å²) in [5, 5.41) is 0.362. The van der Waals surface area contributed by atoms with Crippen LogP contribution in [0.5, 0.6) is 0 Å². The molecule has 0 aliphatic carbocycles. The van der Waals surface area contributed by atoms with Crippen LogP contribution in [-0.2, 0) is 27.1 Å². The maximum Gasteiger partial charge on any atom is 0.410 e. The van der Waals surface area contributed by atoms with Crippen LogP contribution in [0.3, 0.4) is 0 Å². The molecule has 0 bridgehead atoms. The van der Waals surface area contributed by atoms with Crippen molar-refractivity contribution < 1.29 is 27.4 Å². The van der Waals surface area contributed by atoms with Gasteiger partial charge in [-0.15, -0.1) is 0 Å². The van der Waals surface area contributed by atoms with Crippen molar-refractivity contribution >= 4 is 35.0 Å². The highest BCUT2D eigenvalue weighted by Crippen LogP contribution is 2.50. The first-order valence-electron chi connectivity index (χ1n) is 11.8. The second-order valence-electron chi connectivity index (χ2n) is 10.9. The number of anilines is 1. The molecule has 1 amide bonds. The highest BCUT2D eigenvalue weighted by atomic mass is 35.5. The summed E-state index contributed by atoms with van der Waals surface area (Å²) < 4.78 is 54.9. The van der Waals surface area contributed by atoms with E-state index in [0.717, 1.165) is 11.1 Å². The summed E-state index contributed by atoms with van der Waals surface area (Å²) in [6.45, 7) is 6.55. The van der Waals surface area contributed by atoms with Gasteiger partial charge in [0.25, 0.3) is 0 Å². The van der Waals surface area contributed by atoms with Gasteiger partial charge < -0.3 is 19.3 Å². The molecule has 0 radical (unpaired) electrons. The van der Waals surface area contributed by atoms with Crippen LogP contribution in [0.1, 0.15) is 43.9 Å². The zero-order chi connectivity index (χ0) is 26.1. The molecule has 1 spiro atoms. The summed E-state index contributed by atoms with van der Waals surface area (Å²) >= 11 is 12.1. The van der Waals surface area contributed by atoms with E-state index in [1.165, 1.54) is 18.2 Å². The fourth-order valence-electron chi connectivity index (χ4n) is 5.41. The number of halogens is 5. The molecule has 3 aliphatic heterocycles. The summed E-state index contributed by atoms with van der Waals surface area (Å²) in [5.74, 6) is 0. The van der Waals surface area contributed by atoms with Gasteiger partial charge >= 0.3 is 12.3 Å². The maximum atomic E-state index is 14.5. The van der Waals surface area contributed by atoms with Crippen LogP contribution in [0.25, 0.3) is 0 Å². The maximum absolute atomic E-state index is 14.5. The third-order valence-electron chi connectivity index (χ3n) is 7.22. The molecule has 2 aromatic carbocycles. The number of ether oxygens (including phenoxy) is 2. The minimum Gasteiger partial charge on any atom is -0.444 e. The van der Waals surface area contributed by atoms with Gasteiger partial charge in [-0.05, 0) is 74.2 Å². The van der Waals surface area contributed by atoms with Gasteiger partial charge in [0.15, 0.2) is 0 Å². The molecular formula is C26H27Cl2F3N2O3. The third-order valence-corrected chi connectivity index (χ3v) is 7.66. The molecule has 5 nitrogen and oxygen atoms in total. The lowest BCUT2D eigenvalue weighted by molar-refractivity contribution is -0.184. The van der Waals surface area contributed by atoms with Crippen molar-refractivity contribution in [1.29, 1.82) is 0 Å². The molecule has 3 aliphatic rings. The van der Waals surface area contributed by atoms with Gasteiger partial charge in [0, 0.05) is 28.8 Å². The smallest absolute Gasteiger partial charge is 0.410 e. The van der Waals surface area contributed by atoms with Crippen LogP contribution in [0.4, 0.5) is 23.7 Å². The first kappa shape index (κ1) is 25.5. The van der Waals surface area contributed by atoms with E-state index in [4.69, 9.17) is 32.7 Å². The molecule has 1 atom stereocenters. The van der Waals surface area contributed by atoms with Gasteiger partial charge in [-0.2, -0.15) is 13.2 Å². The molecule has 3 heterocycles. The number of rotatable bonds is 2. The lowest BCUT2D eigenvalue weighted by atomic mass is 9.79. The molecule has 0 saturated carbocycles. The van der Waals surface area contributed by atoms with Gasteiger partial charge in [0.2, 0.25) is 0 Å². The Balaban J connectivity index is 1.36. The first-order valence-corrected chi connectivity index (χ1v) is 12.5. The summed E-state index contributed by atoms with van der Waals surface area (Å²) in [5.41, 5.74) is -0.572. The number of carbonyl (C=O) groups is 1. The molecule has 1 unspecified atom stereocenters. The molecule has 10 heteroatoms. The quantitative estimate of drug-likeness (QED) is 0.424. The lowest BCUT2D eigenvalue weighted by Gasteiger charge is -2.47. The third kappa shape index (κ3) is 4.31.